The summed E-state index contributed by atoms with van der Waals surface area (Å²) in [6.45, 7) is 4.90. The molecule has 0 N–H and O–H groups in total. The Morgan fingerprint density at radius 1 is 1.13 bits per heavy atom. The maximum Gasteiger partial charge on any atom is 0.249 e. The van der Waals surface area contributed by atoms with E-state index in [0.29, 0.717) is 4.80 Å². The lowest BCUT2D eigenvalue weighted by Crippen LogP contribution is -2.19. The first-order chi connectivity index (χ1) is 14.3. The quantitative estimate of drug-likeness (QED) is 0.505. The second kappa shape index (κ2) is 9.94. The fraction of sp³-hybridized carbons (Fsp3) is 0.364. The smallest absolute Gasteiger partial charge is 0.249 e. The van der Waals surface area contributed by atoms with Crippen molar-refractivity contribution in [3.8, 4) is 0 Å². The van der Waals surface area contributed by atoms with Crippen LogP contribution < -0.4 is 4.80 Å². The number of thiazole rings is 1. The van der Waals surface area contributed by atoms with E-state index in [1.807, 2.05) is 24.5 Å². The Morgan fingerprint density at radius 3 is 2.53 bits per heavy atom. The van der Waals surface area contributed by atoms with Gasteiger partial charge in [-0.15, -0.1) is 0 Å². The third-order valence-electron chi connectivity index (χ3n) is 4.89. The molecule has 2 aromatic carbocycles. The van der Waals surface area contributed by atoms with Crippen molar-refractivity contribution in [3.05, 3.63) is 64.0 Å². The van der Waals surface area contributed by atoms with E-state index in [-0.39, 0.29) is 17.9 Å². The van der Waals surface area contributed by atoms with Crippen LogP contribution in [0.15, 0.2) is 47.5 Å². The second-order valence-electron chi connectivity index (χ2n) is 7.27. The molecule has 1 heterocycles. The Balaban J connectivity index is 1.82. The molecule has 0 unspecified atom stereocenters. The highest BCUT2D eigenvalue weighted by Gasteiger charge is 2.15. The van der Waals surface area contributed by atoms with Crippen LogP contribution in [0.4, 0.5) is 0 Å². The van der Waals surface area contributed by atoms with Gasteiger partial charge in [0, 0.05) is 18.7 Å². The number of thioether (sulfide) groups is 1. The highest BCUT2D eigenvalue weighted by atomic mass is 32.2. The van der Waals surface area contributed by atoms with Crippen molar-refractivity contribution in [2.75, 3.05) is 17.8 Å². The molecule has 8 heteroatoms. The molecular formula is C22H26N2O3S3. The summed E-state index contributed by atoms with van der Waals surface area (Å²) in [6.07, 6.45) is 1.94. The van der Waals surface area contributed by atoms with Gasteiger partial charge in [-0.1, -0.05) is 41.7 Å². The minimum Gasteiger partial charge on any atom is -0.316 e. The highest BCUT2D eigenvalue weighted by Crippen LogP contribution is 2.22. The molecule has 1 amide bonds. The fourth-order valence-corrected chi connectivity index (χ4v) is 5.96. The molecule has 160 valence electrons. The Labute approximate surface area is 185 Å². The molecule has 0 bridgehead atoms. The van der Waals surface area contributed by atoms with E-state index in [1.165, 1.54) is 22.5 Å². The van der Waals surface area contributed by atoms with Crippen molar-refractivity contribution in [1.82, 2.24) is 4.57 Å². The predicted molar refractivity (Wildman–Crippen MR) is 127 cm³/mol. The first kappa shape index (κ1) is 22.8. The van der Waals surface area contributed by atoms with E-state index in [9.17, 15) is 13.2 Å². The number of carbonyl (C=O) groups is 1. The van der Waals surface area contributed by atoms with E-state index >= 15 is 0 Å². The normalized spacial score (nSPS) is 12.6. The summed E-state index contributed by atoms with van der Waals surface area (Å²) in [5, 5.41) is 0. The highest BCUT2D eigenvalue weighted by molar-refractivity contribution is 7.98. The van der Waals surface area contributed by atoms with Gasteiger partial charge >= 0.3 is 0 Å². The minimum atomic E-state index is -3.37. The molecule has 1 aromatic heterocycles. The van der Waals surface area contributed by atoms with Gasteiger partial charge < -0.3 is 4.57 Å². The zero-order valence-electron chi connectivity index (χ0n) is 17.4. The van der Waals surface area contributed by atoms with Gasteiger partial charge in [0.2, 0.25) is 5.91 Å². The van der Waals surface area contributed by atoms with Gasteiger partial charge in [0.25, 0.3) is 0 Å². The lowest BCUT2D eigenvalue weighted by molar-refractivity contribution is -0.117. The first-order valence-corrected chi connectivity index (χ1v) is 13.7. The molecule has 5 nitrogen and oxygen atoms in total. The van der Waals surface area contributed by atoms with Crippen LogP contribution >= 0.6 is 23.1 Å². The molecule has 30 heavy (non-hydrogen) atoms. The molecule has 0 aliphatic heterocycles. The lowest BCUT2D eigenvalue weighted by atomic mass is 10.1. The third-order valence-corrected chi connectivity index (χ3v) is 8.13. The second-order valence-corrected chi connectivity index (χ2v) is 11.4. The molecule has 0 atom stereocenters. The summed E-state index contributed by atoms with van der Waals surface area (Å²) in [7, 11) is -3.37. The van der Waals surface area contributed by atoms with Crippen molar-refractivity contribution in [2.45, 2.75) is 32.6 Å². The van der Waals surface area contributed by atoms with E-state index < -0.39 is 15.7 Å². The van der Waals surface area contributed by atoms with Crippen LogP contribution in [0.2, 0.25) is 0 Å². The summed E-state index contributed by atoms with van der Waals surface area (Å²) >= 11 is 3.21. The molecule has 0 radical (unpaired) electrons. The van der Waals surface area contributed by atoms with E-state index in [1.54, 1.807) is 23.9 Å². The van der Waals surface area contributed by atoms with Crippen LogP contribution in [0.3, 0.4) is 0 Å². The van der Waals surface area contributed by atoms with Gasteiger partial charge in [0.05, 0.1) is 21.7 Å². The van der Waals surface area contributed by atoms with Crippen LogP contribution in [-0.4, -0.2) is 36.7 Å². The number of amides is 1. The molecule has 3 aromatic rings. The molecule has 0 saturated heterocycles. The number of benzene rings is 2. The van der Waals surface area contributed by atoms with Crippen molar-refractivity contribution < 1.29 is 13.2 Å². The number of nitrogens with zero attached hydrogens (tertiary/aromatic N) is 2. The van der Waals surface area contributed by atoms with Crippen LogP contribution in [-0.2, 0) is 26.9 Å². The van der Waals surface area contributed by atoms with Crippen LogP contribution in [0, 0.1) is 13.8 Å². The average Bonchev–Trinajstić information content (AvgIpc) is 3.01. The molecule has 0 aliphatic carbocycles. The molecular weight excluding hydrogens is 436 g/mol. The maximum absolute atomic E-state index is 12.5. The van der Waals surface area contributed by atoms with Gasteiger partial charge in [-0.2, -0.15) is 16.8 Å². The molecule has 3 rings (SSSR count). The Morgan fingerprint density at radius 2 is 1.83 bits per heavy atom. The molecule has 0 saturated carbocycles. The number of fused-ring (bicyclic) bond motifs is 1. The molecule has 0 fully saturated rings. The monoisotopic (exact) mass is 462 g/mol. The van der Waals surface area contributed by atoms with Gasteiger partial charge in [0.15, 0.2) is 14.6 Å². The Bertz CT molecular complexity index is 1210. The zero-order chi connectivity index (χ0) is 21.7. The largest absolute Gasteiger partial charge is 0.316 e. The predicted octanol–water partition coefficient (Wildman–Crippen LogP) is 4.12. The SMILES string of the molecule is CSCCn1c(=NC(=O)CCS(=O)(=O)Cc2ccccc2)sc2cc(C)c(C)cc21. The van der Waals surface area contributed by atoms with Crippen LogP contribution in [0.25, 0.3) is 10.2 Å². The number of hydrogen-bond donors (Lipinski definition) is 0. The minimum absolute atomic E-state index is 0.0592. The average molecular weight is 463 g/mol. The number of aromatic nitrogens is 1. The molecule has 0 spiro atoms. The molecule has 0 aliphatic rings. The summed E-state index contributed by atoms with van der Waals surface area (Å²) in [4.78, 5) is 17.4. The van der Waals surface area contributed by atoms with Crippen LogP contribution in [0.1, 0.15) is 23.1 Å². The standard InChI is InChI=1S/C22H26N2O3S3/c1-16-13-19-20(14-17(16)2)29-22(24(19)10-11-28-3)23-21(25)9-12-30(26,27)15-18-7-5-4-6-8-18/h4-8,13-14H,9-12,15H2,1-3H3. The van der Waals surface area contributed by atoms with E-state index in [2.05, 4.69) is 35.5 Å². The van der Waals surface area contributed by atoms with E-state index in [4.69, 9.17) is 0 Å². The Kier molecular flexibility index (Phi) is 7.55. The number of hydrogen-bond acceptors (Lipinski definition) is 5. The number of aryl methyl sites for hydroxylation is 3. The number of carbonyl (C=O) groups excluding carboxylic acids is 1. The van der Waals surface area contributed by atoms with E-state index in [0.717, 1.165) is 28.1 Å². The van der Waals surface area contributed by atoms with Crippen molar-refractivity contribution in [2.24, 2.45) is 4.99 Å². The fourth-order valence-electron chi connectivity index (χ4n) is 3.11. The summed E-state index contributed by atoms with van der Waals surface area (Å²) in [5.74, 6) is 0.254. The van der Waals surface area contributed by atoms with Gasteiger partial charge in [-0.05, 0) is 48.9 Å². The maximum atomic E-state index is 12.5. The Hall–Kier alpha value is -1.90. The first-order valence-electron chi connectivity index (χ1n) is 9.70. The number of sulfone groups is 1. The van der Waals surface area contributed by atoms with Crippen molar-refractivity contribution in [3.63, 3.8) is 0 Å². The number of rotatable bonds is 8. The summed E-state index contributed by atoms with van der Waals surface area (Å²) < 4.78 is 27.9. The van der Waals surface area contributed by atoms with Gasteiger partial charge in [0.1, 0.15) is 0 Å². The third kappa shape index (κ3) is 5.83. The van der Waals surface area contributed by atoms with Gasteiger partial charge in [-0.25, -0.2) is 8.42 Å². The summed E-state index contributed by atoms with van der Waals surface area (Å²) in [6, 6.07) is 13.3. The lowest BCUT2D eigenvalue weighted by Gasteiger charge is -2.06. The van der Waals surface area contributed by atoms with Gasteiger partial charge in [-0.3, -0.25) is 4.79 Å². The summed E-state index contributed by atoms with van der Waals surface area (Å²) in [5.41, 5.74) is 4.20. The van der Waals surface area contributed by atoms with Crippen LogP contribution in [0.5, 0.6) is 0 Å². The zero-order valence-corrected chi connectivity index (χ0v) is 19.9. The van der Waals surface area contributed by atoms with Crippen molar-refractivity contribution in [1.29, 1.82) is 0 Å². The topological polar surface area (TPSA) is 68.5 Å². The van der Waals surface area contributed by atoms with Crippen molar-refractivity contribution >= 4 is 49.1 Å².